The molecular weight excluding hydrogens is 526 g/mol. The Kier molecular flexibility index (Phi) is 7.08. The number of sulfonamides is 1. The van der Waals surface area contributed by atoms with E-state index in [-0.39, 0.29) is 35.9 Å². The van der Waals surface area contributed by atoms with Gasteiger partial charge in [-0.25, -0.2) is 17.2 Å². The second-order valence-electron chi connectivity index (χ2n) is 10.3. The number of nitrogens with zero attached hydrogens (tertiary/aromatic N) is 2. The van der Waals surface area contributed by atoms with Crippen LogP contribution in [0.4, 0.5) is 8.78 Å². The van der Waals surface area contributed by atoms with E-state index in [0.29, 0.717) is 37.1 Å². The topological polar surface area (TPSA) is 98.2 Å². The number of carbonyl (C=O) groups is 1. The molecule has 2 aliphatic heterocycles. The molecule has 1 aliphatic carbocycles. The van der Waals surface area contributed by atoms with E-state index in [1.165, 1.54) is 33.5 Å². The normalized spacial score (nSPS) is 27.9. The molecule has 2 heterocycles. The first-order valence-corrected chi connectivity index (χ1v) is 14.2. The van der Waals surface area contributed by atoms with Crippen molar-refractivity contribution in [1.82, 2.24) is 9.21 Å². The highest BCUT2D eigenvalue weighted by Gasteiger charge is 2.63. The van der Waals surface area contributed by atoms with Gasteiger partial charge in [-0.15, -0.1) is 0 Å². The summed E-state index contributed by atoms with van der Waals surface area (Å²) in [6, 6.07) is 6.51. The number of β-amino-alcohol motifs (C(OH)–C–C–N with tert-alkyl or cyclic N) is 1. The summed E-state index contributed by atoms with van der Waals surface area (Å²) in [7, 11) is -4.22. The molecule has 3 fully saturated rings. The molecule has 2 aromatic carbocycles. The highest BCUT2D eigenvalue weighted by molar-refractivity contribution is 7.89. The minimum atomic E-state index is -4.22. The minimum absolute atomic E-state index is 0.0289. The number of hydrogen-bond acceptors (Lipinski definition) is 5. The third kappa shape index (κ3) is 4.78. The van der Waals surface area contributed by atoms with Crippen LogP contribution in [0, 0.1) is 17.0 Å². The van der Waals surface area contributed by atoms with Crippen molar-refractivity contribution < 1.29 is 32.2 Å². The fourth-order valence-electron chi connectivity index (χ4n) is 6.06. The number of aliphatic hydroxyl groups is 2. The Balaban J connectivity index is 1.60. The van der Waals surface area contributed by atoms with Crippen LogP contribution < -0.4 is 0 Å². The molecule has 11 heteroatoms. The zero-order chi connectivity index (χ0) is 26.5. The molecule has 1 amide bonds. The van der Waals surface area contributed by atoms with Crippen LogP contribution >= 0.6 is 11.6 Å². The van der Waals surface area contributed by atoms with Gasteiger partial charge in [0.2, 0.25) is 15.9 Å². The standard InChI is InChI=1S/C26H29ClF2N2O5S/c27-17-4-6-22(7-5-17)37(35,36)31-23(16-10-18(28)12-19(29)11-16)2-1-3-24(31)26(8-9-26)25(34)30-14-21(33)13-20(30)15-32/h4-7,10-12,20-21,23-24,32-33H,1-3,8-9,13-15H2. The van der Waals surface area contributed by atoms with E-state index in [1.807, 2.05) is 0 Å². The highest BCUT2D eigenvalue weighted by atomic mass is 35.5. The largest absolute Gasteiger partial charge is 0.394 e. The third-order valence-electron chi connectivity index (χ3n) is 7.94. The summed E-state index contributed by atoms with van der Waals surface area (Å²) in [5.74, 6) is -1.92. The maximum absolute atomic E-state index is 14.2. The monoisotopic (exact) mass is 554 g/mol. The summed E-state index contributed by atoms with van der Waals surface area (Å²) in [4.78, 5) is 15.3. The number of amides is 1. The van der Waals surface area contributed by atoms with Crippen molar-refractivity contribution in [2.45, 2.75) is 67.6 Å². The number of hydrogen-bond donors (Lipinski definition) is 2. The van der Waals surface area contributed by atoms with Gasteiger partial charge in [0.05, 0.1) is 35.1 Å². The molecule has 2 saturated heterocycles. The van der Waals surface area contributed by atoms with Gasteiger partial charge in [-0.2, -0.15) is 4.31 Å². The molecule has 2 N–H and O–H groups in total. The van der Waals surface area contributed by atoms with Crippen molar-refractivity contribution in [3.05, 3.63) is 64.7 Å². The molecule has 37 heavy (non-hydrogen) atoms. The average Bonchev–Trinajstić information content (AvgIpc) is 3.58. The molecule has 200 valence electrons. The maximum atomic E-state index is 14.2. The zero-order valence-corrected chi connectivity index (χ0v) is 21.6. The lowest BCUT2D eigenvalue weighted by molar-refractivity contribution is -0.141. The van der Waals surface area contributed by atoms with E-state index in [9.17, 15) is 32.2 Å². The van der Waals surface area contributed by atoms with Gasteiger partial charge < -0.3 is 15.1 Å². The maximum Gasteiger partial charge on any atom is 0.243 e. The van der Waals surface area contributed by atoms with Gasteiger partial charge in [0, 0.05) is 23.7 Å². The lowest BCUT2D eigenvalue weighted by atomic mass is 9.84. The van der Waals surface area contributed by atoms with Crippen molar-refractivity contribution >= 4 is 27.5 Å². The van der Waals surface area contributed by atoms with Crippen LogP contribution in [0.5, 0.6) is 0 Å². The molecule has 4 unspecified atom stereocenters. The van der Waals surface area contributed by atoms with Gasteiger partial charge >= 0.3 is 0 Å². The summed E-state index contributed by atoms with van der Waals surface area (Å²) >= 11 is 5.99. The Hall–Kier alpha value is -2.11. The van der Waals surface area contributed by atoms with Gasteiger partial charge in [-0.3, -0.25) is 4.79 Å². The molecular formula is C26H29ClF2N2O5S. The molecule has 0 bridgehead atoms. The first-order valence-electron chi connectivity index (χ1n) is 12.4. The predicted octanol–water partition coefficient (Wildman–Crippen LogP) is 3.64. The number of rotatable bonds is 6. The van der Waals surface area contributed by atoms with Gasteiger partial charge in [0.25, 0.3) is 0 Å². The number of piperidine rings is 1. The Morgan fingerprint density at radius 1 is 1.08 bits per heavy atom. The highest BCUT2D eigenvalue weighted by Crippen LogP contribution is 2.58. The Morgan fingerprint density at radius 2 is 1.73 bits per heavy atom. The lowest BCUT2D eigenvalue weighted by Gasteiger charge is -2.45. The second kappa shape index (κ2) is 9.89. The summed E-state index contributed by atoms with van der Waals surface area (Å²) in [5.41, 5.74) is -0.852. The molecule has 2 aromatic rings. The SMILES string of the molecule is O=C(N1CC(O)CC1CO)C1(C2CCCC(c3cc(F)cc(F)c3)N2S(=O)(=O)c2ccc(Cl)cc2)CC1. The Morgan fingerprint density at radius 3 is 2.32 bits per heavy atom. The van der Waals surface area contributed by atoms with Crippen molar-refractivity contribution in [2.24, 2.45) is 5.41 Å². The van der Waals surface area contributed by atoms with Crippen molar-refractivity contribution in [1.29, 1.82) is 0 Å². The second-order valence-corrected chi connectivity index (χ2v) is 12.6. The van der Waals surface area contributed by atoms with Crippen LogP contribution in [0.3, 0.4) is 0 Å². The number of benzene rings is 2. The van der Waals surface area contributed by atoms with E-state index in [4.69, 9.17) is 11.6 Å². The Labute approximate surface area is 219 Å². The molecule has 7 nitrogen and oxygen atoms in total. The first kappa shape index (κ1) is 26.5. The van der Waals surface area contributed by atoms with Crippen LogP contribution in [-0.2, 0) is 14.8 Å². The molecule has 1 saturated carbocycles. The van der Waals surface area contributed by atoms with Gasteiger partial charge in [0.15, 0.2) is 0 Å². The van der Waals surface area contributed by atoms with Crippen LogP contribution in [0.25, 0.3) is 0 Å². The van der Waals surface area contributed by atoms with Crippen LogP contribution in [0.15, 0.2) is 47.4 Å². The number of likely N-dealkylation sites (tertiary alicyclic amines) is 1. The van der Waals surface area contributed by atoms with Crippen molar-refractivity contribution in [3.63, 3.8) is 0 Å². The summed E-state index contributed by atoms with van der Waals surface area (Å²) < 4.78 is 58.0. The Bertz CT molecular complexity index is 1270. The molecule has 0 radical (unpaired) electrons. The van der Waals surface area contributed by atoms with Crippen molar-refractivity contribution in [3.8, 4) is 0 Å². The predicted molar refractivity (Wildman–Crippen MR) is 132 cm³/mol. The van der Waals surface area contributed by atoms with E-state index >= 15 is 0 Å². The fourth-order valence-corrected chi connectivity index (χ4v) is 8.12. The van der Waals surface area contributed by atoms with Gasteiger partial charge in [-0.05, 0) is 80.5 Å². The number of halogens is 3. The van der Waals surface area contributed by atoms with Gasteiger partial charge in [-0.1, -0.05) is 11.6 Å². The molecule has 4 atom stereocenters. The summed E-state index contributed by atoms with van der Waals surface area (Å²) in [5, 5.41) is 20.3. The van der Waals surface area contributed by atoms with E-state index in [2.05, 4.69) is 0 Å². The van der Waals surface area contributed by atoms with Crippen LogP contribution in [-0.4, -0.2) is 65.1 Å². The van der Waals surface area contributed by atoms with E-state index < -0.39 is 51.3 Å². The summed E-state index contributed by atoms with van der Waals surface area (Å²) in [6.45, 7) is -0.234. The quantitative estimate of drug-likeness (QED) is 0.568. The summed E-state index contributed by atoms with van der Waals surface area (Å²) in [6.07, 6.45) is 1.66. The number of carbonyl (C=O) groups excluding carboxylic acids is 1. The first-order chi connectivity index (χ1) is 17.6. The van der Waals surface area contributed by atoms with E-state index in [0.717, 1.165) is 18.2 Å². The average molecular weight is 555 g/mol. The van der Waals surface area contributed by atoms with Gasteiger partial charge in [0.1, 0.15) is 11.6 Å². The lowest BCUT2D eigenvalue weighted by Crippen LogP contribution is -2.55. The van der Waals surface area contributed by atoms with Crippen LogP contribution in [0.1, 0.15) is 50.1 Å². The van der Waals surface area contributed by atoms with Crippen LogP contribution in [0.2, 0.25) is 5.02 Å². The van der Waals surface area contributed by atoms with Crippen molar-refractivity contribution in [2.75, 3.05) is 13.2 Å². The van der Waals surface area contributed by atoms with E-state index in [1.54, 1.807) is 0 Å². The third-order valence-corrected chi connectivity index (χ3v) is 10.1. The molecule has 3 aliphatic rings. The molecule has 5 rings (SSSR count). The molecule has 0 spiro atoms. The number of aliphatic hydroxyl groups excluding tert-OH is 2. The minimum Gasteiger partial charge on any atom is -0.394 e. The fraction of sp³-hybridized carbons (Fsp3) is 0.500. The zero-order valence-electron chi connectivity index (χ0n) is 20.1. The smallest absolute Gasteiger partial charge is 0.243 e. The molecule has 0 aromatic heterocycles.